The Kier molecular flexibility index (Phi) is 3.20. The van der Waals surface area contributed by atoms with Crippen molar-refractivity contribution < 1.29 is 0 Å². The molecule has 19 heavy (non-hydrogen) atoms. The summed E-state index contributed by atoms with van der Waals surface area (Å²) in [5, 5.41) is 4.15. The summed E-state index contributed by atoms with van der Waals surface area (Å²) < 4.78 is 0. The van der Waals surface area contributed by atoms with Gasteiger partial charge in [-0.15, -0.1) is 11.3 Å². The van der Waals surface area contributed by atoms with Crippen LogP contribution in [0.25, 0.3) is 0 Å². The van der Waals surface area contributed by atoms with Crippen molar-refractivity contribution in [1.29, 1.82) is 0 Å². The lowest BCUT2D eigenvalue weighted by Gasteiger charge is -2.06. The number of aryl methyl sites for hydroxylation is 3. The van der Waals surface area contributed by atoms with Crippen LogP contribution in [0, 0.1) is 6.92 Å². The molecule has 6 heteroatoms. The van der Waals surface area contributed by atoms with E-state index in [4.69, 9.17) is 18.0 Å². The van der Waals surface area contributed by atoms with Crippen molar-refractivity contribution in [2.24, 2.45) is 5.73 Å². The number of thiazole rings is 1. The maximum atomic E-state index is 5.67. The smallest absolute Gasteiger partial charge is 0.188 e. The summed E-state index contributed by atoms with van der Waals surface area (Å²) in [5.41, 5.74) is 8.61. The number of nitrogens with zero attached hydrogens (tertiary/aromatic N) is 2. The number of nitrogens with two attached hydrogens (primary N) is 1. The Bertz CT molecular complexity index is 627. The van der Waals surface area contributed by atoms with E-state index in [1.54, 1.807) is 11.3 Å². The first kappa shape index (κ1) is 12.5. The summed E-state index contributed by atoms with van der Waals surface area (Å²) in [6.45, 7) is 1.93. The van der Waals surface area contributed by atoms with E-state index in [0.717, 1.165) is 35.0 Å². The van der Waals surface area contributed by atoms with Gasteiger partial charge in [0.15, 0.2) is 5.13 Å². The number of anilines is 2. The second-order valence-electron chi connectivity index (χ2n) is 4.61. The SMILES string of the molecule is Cc1cc(C(N)=S)cc(Nc2nc3c(s2)CCC3)n1. The minimum Gasteiger partial charge on any atom is -0.389 e. The zero-order chi connectivity index (χ0) is 13.4. The second-order valence-corrected chi connectivity index (χ2v) is 6.14. The summed E-state index contributed by atoms with van der Waals surface area (Å²) in [4.78, 5) is 10.8. The van der Waals surface area contributed by atoms with Crippen LogP contribution in [0.1, 0.15) is 28.2 Å². The Hall–Kier alpha value is -1.53. The van der Waals surface area contributed by atoms with E-state index in [1.165, 1.54) is 17.0 Å². The number of thiocarbonyl (C=S) groups is 1. The van der Waals surface area contributed by atoms with Crippen molar-refractivity contribution in [1.82, 2.24) is 9.97 Å². The van der Waals surface area contributed by atoms with Gasteiger partial charge in [0.2, 0.25) is 0 Å². The fraction of sp³-hybridized carbons (Fsp3) is 0.308. The maximum absolute atomic E-state index is 5.67. The first-order valence-corrected chi connectivity index (χ1v) is 7.38. The van der Waals surface area contributed by atoms with Gasteiger partial charge in [-0.05, 0) is 38.3 Å². The van der Waals surface area contributed by atoms with Gasteiger partial charge in [0.05, 0.1) is 5.69 Å². The highest BCUT2D eigenvalue weighted by atomic mass is 32.1. The number of hydrogen-bond donors (Lipinski definition) is 2. The van der Waals surface area contributed by atoms with Gasteiger partial charge in [-0.25, -0.2) is 9.97 Å². The normalized spacial score (nSPS) is 13.3. The monoisotopic (exact) mass is 290 g/mol. The molecule has 0 atom stereocenters. The molecule has 2 aromatic heterocycles. The fourth-order valence-electron chi connectivity index (χ4n) is 2.23. The zero-order valence-corrected chi connectivity index (χ0v) is 12.2. The number of fused-ring (bicyclic) bond motifs is 1. The molecule has 0 radical (unpaired) electrons. The molecule has 0 bridgehead atoms. The molecule has 3 rings (SSSR count). The molecule has 3 N–H and O–H groups in total. The Morgan fingerprint density at radius 2 is 2.21 bits per heavy atom. The number of nitrogens with one attached hydrogen (secondary N) is 1. The van der Waals surface area contributed by atoms with Gasteiger partial charge < -0.3 is 11.1 Å². The van der Waals surface area contributed by atoms with Crippen LogP contribution in [0.2, 0.25) is 0 Å². The highest BCUT2D eigenvalue weighted by molar-refractivity contribution is 7.80. The Morgan fingerprint density at radius 1 is 1.37 bits per heavy atom. The van der Waals surface area contributed by atoms with E-state index < -0.39 is 0 Å². The molecule has 2 aromatic rings. The number of pyridine rings is 1. The summed E-state index contributed by atoms with van der Waals surface area (Å²) >= 11 is 6.72. The molecule has 0 saturated carbocycles. The van der Waals surface area contributed by atoms with Crippen molar-refractivity contribution in [2.45, 2.75) is 26.2 Å². The minimum absolute atomic E-state index is 0.384. The number of aromatic nitrogens is 2. The molecular weight excluding hydrogens is 276 g/mol. The van der Waals surface area contributed by atoms with Crippen LogP contribution in [-0.4, -0.2) is 15.0 Å². The third-order valence-corrected chi connectivity index (χ3v) is 4.38. The summed E-state index contributed by atoms with van der Waals surface area (Å²) in [6.07, 6.45) is 3.46. The van der Waals surface area contributed by atoms with Crippen molar-refractivity contribution in [2.75, 3.05) is 5.32 Å². The Balaban J connectivity index is 1.87. The van der Waals surface area contributed by atoms with Crippen LogP contribution in [-0.2, 0) is 12.8 Å². The molecule has 2 heterocycles. The molecule has 0 aromatic carbocycles. The van der Waals surface area contributed by atoms with Gasteiger partial charge in [-0.3, -0.25) is 0 Å². The van der Waals surface area contributed by atoms with Gasteiger partial charge >= 0.3 is 0 Å². The zero-order valence-electron chi connectivity index (χ0n) is 10.6. The maximum Gasteiger partial charge on any atom is 0.188 e. The average Bonchev–Trinajstić information content (AvgIpc) is 2.88. The van der Waals surface area contributed by atoms with E-state index >= 15 is 0 Å². The van der Waals surface area contributed by atoms with Gasteiger partial charge in [0.25, 0.3) is 0 Å². The largest absolute Gasteiger partial charge is 0.389 e. The second kappa shape index (κ2) is 4.86. The molecule has 0 aliphatic heterocycles. The summed E-state index contributed by atoms with van der Waals surface area (Å²) in [6, 6.07) is 3.75. The van der Waals surface area contributed by atoms with Crippen LogP contribution in [0.5, 0.6) is 0 Å². The van der Waals surface area contributed by atoms with E-state index in [-0.39, 0.29) is 0 Å². The molecule has 98 valence electrons. The van der Waals surface area contributed by atoms with Crippen LogP contribution < -0.4 is 11.1 Å². The predicted octanol–water partition coefficient (Wildman–Crippen LogP) is 2.71. The van der Waals surface area contributed by atoms with Gasteiger partial charge in [0.1, 0.15) is 10.8 Å². The van der Waals surface area contributed by atoms with Crippen molar-refractivity contribution >= 4 is 39.5 Å². The third-order valence-electron chi connectivity index (χ3n) is 3.07. The lowest BCUT2D eigenvalue weighted by Crippen LogP contribution is -2.10. The third kappa shape index (κ3) is 2.59. The Labute approximate surface area is 121 Å². The molecule has 1 aliphatic carbocycles. The molecule has 4 nitrogen and oxygen atoms in total. The molecule has 0 fully saturated rings. The van der Waals surface area contributed by atoms with Crippen molar-refractivity contribution in [3.8, 4) is 0 Å². The van der Waals surface area contributed by atoms with Crippen LogP contribution in [0.4, 0.5) is 10.9 Å². The van der Waals surface area contributed by atoms with Crippen molar-refractivity contribution in [3.05, 3.63) is 34.0 Å². The lowest BCUT2D eigenvalue weighted by atomic mass is 10.2. The number of hydrogen-bond acceptors (Lipinski definition) is 5. The molecule has 0 spiro atoms. The summed E-state index contributed by atoms with van der Waals surface area (Å²) in [7, 11) is 0. The first-order chi connectivity index (χ1) is 9.11. The van der Waals surface area contributed by atoms with Gasteiger partial charge in [-0.1, -0.05) is 12.2 Å². The van der Waals surface area contributed by atoms with E-state index in [2.05, 4.69) is 15.3 Å². The standard InChI is InChI=1S/C13H14N4S2/c1-7-5-8(12(14)18)6-11(15-7)17-13-16-9-3-2-4-10(9)19-13/h5-6H,2-4H2,1H3,(H2,14,18)(H,15,16,17). The topological polar surface area (TPSA) is 63.8 Å². The van der Waals surface area contributed by atoms with E-state index in [9.17, 15) is 0 Å². The quantitative estimate of drug-likeness (QED) is 0.851. The molecule has 0 unspecified atom stereocenters. The van der Waals surface area contributed by atoms with Crippen LogP contribution in [0.3, 0.4) is 0 Å². The van der Waals surface area contributed by atoms with Gasteiger partial charge in [0, 0.05) is 16.1 Å². The highest BCUT2D eigenvalue weighted by Crippen LogP contribution is 2.31. The predicted molar refractivity (Wildman–Crippen MR) is 82.3 cm³/mol. The highest BCUT2D eigenvalue weighted by Gasteiger charge is 2.17. The Morgan fingerprint density at radius 3 is 2.95 bits per heavy atom. The van der Waals surface area contributed by atoms with E-state index in [0.29, 0.717) is 4.99 Å². The molecule has 0 amide bonds. The van der Waals surface area contributed by atoms with E-state index in [1.807, 2.05) is 19.1 Å². The average molecular weight is 290 g/mol. The van der Waals surface area contributed by atoms with Gasteiger partial charge in [-0.2, -0.15) is 0 Å². The van der Waals surface area contributed by atoms with Crippen molar-refractivity contribution in [3.63, 3.8) is 0 Å². The summed E-state index contributed by atoms with van der Waals surface area (Å²) in [5.74, 6) is 0.746. The lowest BCUT2D eigenvalue weighted by molar-refractivity contribution is 0.900. The molecule has 1 aliphatic rings. The molecular formula is C13H14N4S2. The molecule has 0 saturated heterocycles. The first-order valence-electron chi connectivity index (χ1n) is 6.16. The number of rotatable bonds is 3. The fourth-order valence-corrected chi connectivity index (χ4v) is 3.40. The van der Waals surface area contributed by atoms with Crippen LogP contribution >= 0.6 is 23.6 Å². The van der Waals surface area contributed by atoms with Crippen LogP contribution in [0.15, 0.2) is 12.1 Å². The minimum atomic E-state index is 0.384.